The molecule has 0 atom stereocenters. The van der Waals surface area contributed by atoms with Crippen molar-refractivity contribution in [2.75, 3.05) is 5.75 Å². The minimum absolute atomic E-state index is 1.09. The fraction of sp³-hybridized carbons (Fsp3) is 0.143. The predicted octanol–water partition coefficient (Wildman–Crippen LogP) is 5.83. The fourth-order valence-corrected chi connectivity index (χ4v) is 3.40. The van der Waals surface area contributed by atoms with E-state index in [4.69, 9.17) is 0 Å². The Balaban J connectivity index is 1.49. The molecule has 0 aliphatic rings. The molecule has 0 bridgehead atoms. The quantitative estimate of drug-likeness (QED) is 0.516. The zero-order chi connectivity index (χ0) is 15.0. The minimum atomic E-state index is 1.09. The van der Waals surface area contributed by atoms with Gasteiger partial charge >= 0.3 is 0 Å². The summed E-state index contributed by atoms with van der Waals surface area (Å²) in [6.45, 7) is 0. The lowest BCUT2D eigenvalue weighted by molar-refractivity contribution is 1.15. The predicted molar refractivity (Wildman–Crippen MR) is 98.2 cm³/mol. The molecule has 0 saturated heterocycles. The highest BCUT2D eigenvalue weighted by atomic mass is 32.2. The summed E-state index contributed by atoms with van der Waals surface area (Å²) in [5.74, 6) is 2.26. The molecule has 0 nitrogen and oxygen atoms in total. The maximum Gasteiger partial charge on any atom is 0.0184 e. The Bertz CT molecular complexity index is 672. The first-order chi connectivity index (χ1) is 10.9. The summed E-state index contributed by atoms with van der Waals surface area (Å²) >= 11 is 2.00. The smallest absolute Gasteiger partial charge is 0.0184 e. The van der Waals surface area contributed by atoms with Crippen LogP contribution in [0.2, 0.25) is 0 Å². The van der Waals surface area contributed by atoms with Crippen molar-refractivity contribution in [2.45, 2.75) is 12.2 Å². The van der Waals surface area contributed by atoms with E-state index in [2.05, 4.69) is 84.9 Å². The van der Waals surface area contributed by atoms with Crippen LogP contribution in [-0.2, 0) is 12.2 Å². The van der Waals surface area contributed by atoms with Crippen molar-refractivity contribution in [3.63, 3.8) is 0 Å². The van der Waals surface area contributed by atoms with Gasteiger partial charge in [0.1, 0.15) is 0 Å². The topological polar surface area (TPSA) is 0 Å². The van der Waals surface area contributed by atoms with E-state index in [1.807, 2.05) is 11.8 Å². The molecule has 0 aliphatic heterocycles. The molecule has 0 unspecified atom stereocenters. The Morgan fingerprint density at radius 1 is 0.545 bits per heavy atom. The first-order valence-electron chi connectivity index (χ1n) is 7.68. The fourth-order valence-electron chi connectivity index (χ4n) is 2.45. The van der Waals surface area contributed by atoms with Gasteiger partial charge in [-0.2, -0.15) is 11.8 Å². The van der Waals surface area contributed by atoms with E-state index in [0.717, 1.165) is 12.2 Å². The molecule has 0 spiro atoms. The molecular weight excluding hydrogens is 284 g/mol. The molecule has 0 heterocycles. The van der Waals surface area contributed by atoms with Crippen molar-refractivity contribution < 1.29 is 0 Å². The van der Waals surface area contributed by atoms with Crippen molar-refractivity contribution >= 4 is 11.8 Å². The third-order valence-electron chi connectivity index (χ3n) is 3.71. The number of rotatable bonds is 6. The van der Waals surface area contributed by atoms with Crippen molar-refractivity contribution in [1.29, 1.82) is 0 Å². The van der Waals surface area contributed by atoms with E-state index in [9.17, 15) is 0 Å². The van der Waals surface area contributed by atoms with Gasteiger partial charge in [0.05, 0.1) is 0 Å². The van der Waals surface area contributed by atoms with Crippen LogP contribution in [0, 0.1) is 0 Å². The average Bonchev–Trinajstić information content (AvgIpc) is 2.61. The van der Waals surface area contributed by atoms with E-state index < -0.39 is 0 Å². The monoisotopic (exact) mass is 304 g/mol. The summed E-state index contributed by atoms with van der Waals surface area (Å²) in [7, 11) is 0. The summed E-state index contributed by atoms with van der Waals surface area (Å²) in [4.78, 5) is 0. The van der Waals surface area contributed by atoms with Crippen LogP contribution in [0.25, 0.3) is 11.1 Å². The van der Waals surface area contributed by atoms with Crippen LogP contribution in [-0.4, -0.2) is 5.75 Å². The highest BCUT2D eigenvalue weighted by molar-refractivity contribution is 7.98. The lowest BCUT2D eigenvalue weighted by Gasteiger charge is -2.05. The van der Waals surface area contributed by atoms with Gasteiger partial charge in [-0.25, -0.2) is 0 Å². The zero-order valence-electron chi connectivity index (χ0n) is 12.6. The standard InChI is InChI=1S/C21H20S/c1-3-7-18(8-4-1)15-16-22-17-19-11-13-21(14-12-19)20-9-5-2-6-10-20/h1-14H,15-17H2. The van der Waals surface area contributed by atoms with Crippen LogP contribution >= 0.6 is 11.8 Å². The van der Waals surface area contributed by atoms with Crippen molar-refractivity contribution in [3.8, 4) is 11.1 Å². The summed E-state index contributed by atoms with van der Waals surface area (Å²) in [5.41, 5.74) is 5.40. The Kier molecular flexibility index (Phi) is 5.33. The van der Waals surface area contributed by atoms with Gasteiger partial charge < -0.3 is 0 Å². The van der Waals surface area contributed by atoms with Gasteiger partial charge in [-0.15, -0.1) is 0 Å². The van der Waals surface area contributed by atoms with E-state index in [0.29, 0.717) is 0 Å². The van der Waals surface area contributed by atoms with Gasteiger partial charge in [0, 0.05) is 5.75 Å². The lowest BCUT2D eigenvalue weighted by Crippen LogP contribution is -1.89. The molecule has 0 radical (unpaired) electrons. The first kappa shape index (κ1) is 14.9. The highest BCUT2D eigenvalue weighted by Crippen LogP contribution is 2.21. The molecular formula is C21H20S. The molecule has 0 saturated carbocycles. The van der Waals surface area contributed by atoms with Crippen molar-refractivity contribution in [2.24, 2.45) is 0 Å². The van der Waals surface area contributed by atoms with E-state index in [1.54, 1.807) is 0 Å². The summed E-state index contributed by atoms with van der Waals surface area (Å²) in [6.07, 6.45) is 1.15. The Morgan fingerprint density at radius 2 is 1.14 bits per heavy atom. The van der Waals surface area contributed by atoms with Gasteiger partial charge in [0.2, 0.25) is 0 Å². The summed E-state index contributed by atoms with van der Waals surface area (Å²) < 4.78 is 0. The minimum Gasteiger partial charge on any atom is -0.157 e. The van der Waals surface area contributed by atoms with Crippen LogP contribution in [0.3, 0.4) is 0 Å². The normalized spacial score (nSPS) is 10.5. The third kappa shape index (κ3) is 4.25. The summed E-state index contributed by atoms with van der Waals surface area (Å²) in [6, 6.07) is 30.2. The first-order valence-corrected chi connectivity index (χ1v) is 8.83. The molecule has 0 aromatic heterocycles. The van der Waals surface area contributed by atoms with Crippen molar-refractivity contribution in [3.05, 3.63) is 96.1 Å². The molecule has 3 aromatic rings. The Hall–Kier alpha value is -1.99. The van der Waals surface area contributed by atoms with Gasteiger partial charge in [-0.1, -0.05) is 84.9 Å². The zero-order valence-corrected chi connectivity index (χ0v) is 13.4. The van der Waals surface area contributed by atoms with Crippen LogP contribution in [0.4, 0.5) is 0 Å². The molecule has 0 N–H and O–H groups in total. The van der Waals surface area contributed by atoms with Crippen LogP contribution < -0.4 is 0 Å². The van der Waals surface area contributed by atoms with Crippen LogP contribution in [0.1, 0.15) is 11.1 Å². The van der Waals surface area contributed by atoms with Gasteiger partial charge in [-0.3, -0.25) is 0 Å². The number of hydrogen-bond donors (Lipinski definition) is 0. The SMILES string of the molecule is c1ccc(CCSCc2ccc(-c3ccccc3)cc2)cc1. The van der Waals surface area contributed by atoms with Crippen LogP contribution in [0.15, 0.2) is 84.9 Å². The van der Waals surface area contributed by atoms with E-state index in [1.165, 1.54) is 28.0 Å². The molecule has 3 rings (SSSR count). The highest BCUT2D eigenvalue weighted by Gasteiger charge is 1.98. The molecule has 22 heavy (non-hydrogen) atoms. The maximum atomic E-state index is 2.25. The van der Waals surface area contributed by atoms with Crippen LogP contribution in [0.5, 0.6) is 0 Å². The largest absolute Gasteiger partial charge is 0.157 e. The van der Waals surface area contributed by atoms with Gasteiger partial charge in [-0.05, 0) is 34.4 Å². The molecule has 3 aromatic carbocycles. The number of benzene rings is 3. The molecule has 0 amide bonds. The second kappa shape index (κ2) is 7.86. The number of hydrogen-bond acceptors (Lipinski definition) is 1. The van der Waals surface area contributed by atoms with E-state index >= 15 is 0 Å². The second-order valence-corrected chi connectivity index (χ2v) is 6.46. The molecule has 0 aliphatic carbocycles. The Morgan fingerprint density at radius 3 is 1.82 bits per heavy atom. The third-order valence-corrected chi connectivity index (χ3v) is 4.74. The number of thioether (sulfide) groups is 1. The lowest BCUT2D eigenvalue weighted by atomic mass is 10.0. The molecule has 1 heteroatoms. The second-order valence-electron chi connectivity index (χ2n) is 5.35. The average molecular weight is 304 g/mol. The van der Waals surface area contributed by atoms with E-state index in [-0.39, 0.29) is 0 Å². The number of aryl methyl sites for hydroxylation is 1. The van der Waals surface area contributed by atoms with Crippen molar-refractivity contribution in [1.82, 2.24) is 0 Å². The van der Waals surface area contributed by atoms with Gasteiger partial charge in [0.25, 0.3) is 0 Å². The summed E-state index contributed by atoms with van der Waals surface area (Å²) in [5, 5.41) is 0. The Labute approximate surface area is 137 Å². The molecule has 0 fully saturated rings. The maximum absolute atomic E-state index is 2.25. The molecule has 110 valence electrons. The van der Waals surface area contributed by atoms with Gasteiger partial charge in [0.15, 0.2) is 0 Å².